The van der Waals surface area contributed by atoms with Crippen LogP contribution in [0.5, 0.6) is 0 Å². The Bertz CT molecular complexity index is 268. The quantitative estimate of drug-likeness (QED) is 0.584. The summed E-state index contributed by atoms with van der Waals surface area (Å²) >= 11 is 5.33. The van der Waals surface area contributed by atoms with E-state index in [0.717, 1.165) is 0 Å². The van der Waals surface area contributed by atoms with E-state index in [-0.39, 0.29) is 10.6 Å². The zero-order valence-corrected chi connectivity index (χ0v) is 5.57. The summed E-state index contributed by atoms with van der Waals surface area (Å²) in [6, 6.07) is 1.40. The lowest BCUT2D eigenvalue weighted by Crippen LogP contribution is -2.04. The molecule has 0 bridgehead atoms. The minimum Gasteiger partial charge on any atom is -0.286 e. The third-order valence-corrected chi connectivity index (χ3v) is 1.15. The van der Waals surface area contributed by atoms with E-state index in [4.69, 9.17) is 11.6 Å². The summed E-state index contributed by atoms with van der Waals surface area (Å²) in [5.41, 5.74) is 0.470. The highest BCUT2D eigenvalue weighted by Gasteiger charge is 1.93. The van der Waals surface area contributed by atoms with Crippen LogP contribution >= 0.6 is 11.6 Å². The van der Waals surface area contributed by atoms with Gasteiger partial charge in [0, 0.05) is 11.8 Å². The Kier molecular flexibility index (Phi) is 1.53. The highest BCUT2D eigenvalue weighted by atomic mass is 35.5. The molecule has 0 saturated carbocycles. The van der Waals surface area contributed by atoms with E-state index >= 15 is 0 Å². The number of aromatic amines is 1. The van der Waals surface area contributed by atoms with Gasteiger partial charge in [-0.2, -0.15) is 5.10 Å². The topological polar surface area (TPSA) is 45.8 Å². The van der Waals surface area contributed by atoms with Crippen molar-refractivity contribution in [3.05, 3.63) is 27.1 Å². The summed E-state index contributed by atoms with van der Waals surface area (Å²) in [5.74, 6) is 0. The summed E-state index contributed by atoms with van der Waals surface area (Å²) in [6.07, 6.45) is 0. The van der Waals surface area contributed by atoms with E-state index in [9.17, 15) is 4.79 Å². The van der Waals surface area contributed by atoms with Crippen LogP contribution in [-0.4, -0.2) is 10.2 Å². The van der Waals surface area contributed by atoms with Crippen LogP contribution in [0.4, 0.5) is 0 Å². The van der Waals surface area contributed by atoms with Gasteiger partial charge in [0.1, 0.15) is 0 Å². The van der Waals surface area contributed by atoms with Crippen molar-refractivity contribution < 1.29 is 0 Å². The van der Waals surface area contributed by atoms with E-state index < -0.39 is 0 Å². The molecular weight excluding hydrogens is 140 g/mol. The molecule has 1 aromatic heterocycles. The molecule has 0 saturated heterocycles. The Labute approximate surface area is 56.7 Å². The van der Waals surface area contributed by atoms with E-state index in [2.05, 4.69) is 10.2 Å². The standard InChI is InChI=1S/C5H5ClN2O/c1-3-2-4(9)5(6)8-7-3/h2H,1H3,(H,7,9). The Morgan fingerprint density at radius 2 is 2.44 bits per heavy atom. The molecule has 0 fully saturated rings. The van der Waals surface area contributed by atoms with Crippen LogP contribution < -0.4 is 5.43 Å². The Morgan fingerprint density at radius 1 is 1.78 bits per heavy atom. The van der Waals surface area contributed by atoms with Crippen molar-refractivity contribution in [2.75, 3.05) is 0 Å². The maximum Gasteiger partial charge on any atom is 0.219 e. The second kappa shape index (κ2) is 2.19. The second-order valence-corrected chi connectivity index (χ2v) is 2.06. The number of nitrogens with zero attached hydrogens (tertiary/aromatic N) is 1. The van der Waals surface area contributed by atoms with E-state index in [1.807, 2.05) is 0 Å². The first kappa shape index (κ1) is 6.29. The van der Waals surface area contributed by atoms with Crippen molar-refractivity contribution in [2.45, 2.75) is 6.92 Å². The average Bonchev–Trinajstić information content (AvgIpc) is 1.80. The minimum absolute atomic E-state index is 0.0133. The summed E-state index contributed by atoms with van der Waals surface area (Å²) in [6.45, 7) is 1.74. The fourth-order valence-electron chi connectivity index (χ4n) is 0.481. The zero-order valence-electron chi connectivity index (χ0n) is 4.81. The minimum atomic E-state index is -0.243. The largest absolute Gasteiger partial charge is 0.286 e. The van der Waals surface area contributed by atoms with Crippen molar-refractivity contribution in [3.8, 4) is 0 Å². The highest BCUT2D eigenvalue weighted by molar-refractivity contribution is 6.29. The molecule has 4 heteroatoms. The first-order chi connectivity index (χ1) is 4.20. The van der Waals surface area contributed by atoms with E-state index in [1.54, 1.807) is 6.92 Å². The molecule has 1 rings (SSSR count). The fraction of sp³-hybridized carbons (Fsp3) is 0.200. The van der Waals surface area contributed by atoms with Gasteiger partial charge in [-0.3, -0.25) is 9.89 Å². The molecule has 0 aliphatic carbocycles. The lowest BCUT2D eigenvalue weighted by Gasteiger charge is -1.88. The van der Waals surface area contributed by atoms with Gasteiger partial charge in [-0.1, -0.05) is 11.6 Å². The highest BCUT2D eigenvalue weighted by Crippen LogP contribution is 1.91. The molecule has 9 heavy (non-hydrogen) atoms. The summed E-state index contributed by atoms with van der Waals surface area (Å²) in [7, 11) is 0. The molecule has 1 aromatic rings. The molecule has 1 N–H and O–H groups in total. The van der Waals surface area contributed by atoms with Crippen LogP contribution in [0, 0.1) is 6.92 Å². The van der Waals surface area contributed by atoms with E-state index in [0.29, 0.717) is 5.69 Å². The number of aromatic nitrogens is 2. The van der Waals surface area contributed by atoms with Gasteiger partial charge in [0.2, 0.25) is 5.43 Å². The van der Waals surface area contributed by atoms with Gasteiger partial charge in [-0.25, -0.2) is 0 Å². The van der Waals surface area contributed by atoms with Crippen LogP contribution in [0.1, 0.15) is 5.69 Å². The molecular formula is C5H5ClN2O. The number of nitrogens with one attached hydrogen (secondary N) is 1. The molecule has 0 aliphatic heterocycles. The number of rotatable bonds is 0. The SMILES string of the molecule is Cc1cc(=O)c(Cl)n[nH]1. The molecule has 0 atom stereocenters. The van der Waals surface area contributed by atoms with Crippen LogP contribution in [0.2, 0.25) is 5.15 Å². The molecule has 48 valence electrons. The monoisotopic (exact) mass is 144 g/mol. The number of halogens is 1. The lowest BCUT2D eigenvalue weighted by atomic mass is 10.4. The third kappa shape index (κ3) is 1.29. The molecule has 0 radical (unpaired) electrons. The van der Waals surface area contributed by atoms with Gasteiger partial charge in [-0.15, -0.1) is 0 Å². The van der Waals surface area contributed by atoms with E-state index in [1.165, 1.54) is 6.07 Å². The number of hydrogen-bond acceptors (Lipinski definition) is 2. The van der Waals surface area contributed by atoms with Gasteiger partial charge in [-0.05, 0) is 6.92 Å². The molecule has 0 unspecified atom stereocenters. The summed E-state index contributed by atoms with van der Waals surface area (Å²) in [5, 5.41) is 6.05. The first-order valence-corrected chi connectivity index (χ1v) is 2.80. The average molecular weight is 145 g/mol. The first-order valence-electron chi connectivity index (χ1n) is 2.42. The molecule has 0 aliphatic rings. The van der Waals surface area contributed by atoms with Gasteiger partial charge in [0.05, 0.1) is 0 Å². The van der Waals surface area contributed by atoms with Gasteiger partial charge < -0.3 is 0 Å². The fourth-order valence-corrected chi connectivity index (χ4v) is 0.578. The van der Waals surface area contributed by atoms with Crippen molar-refractivity contribution in [2.24, 2.45) is 0 Å². The number of hydrogen-bond donors (Lipinski definition) is 1. The van der Waals surface area contributed by atoms with Crippen LogP contribution in [-0.2, 0) is 0 Å². The molecule has 0 aromatic carbocycles. The Balaban J connectivity index is 3.34. The maximum atomic E-state index is 10.6. The van der Waals surface area contributed by atoms with Crippen molar-refractivity contribution >= 4 is 11.6 Å². The smallest absolute Gasteiger partial charge is 0.219 e. The summed E-state index contributed by atoms with van der Waals surface area (Å²) < 4.78 is 0. The van der Waals surface area contributed by atoms with Crippen molar-refractivity contribution in [1.29, 1.82) is 0 Å². The van der Waals surface area contributed by atoms with Gasteiger partial charge in [0.25, 0.3) is 0 Å². The van der Waals surface area contributed by atoms with Crippen LogP contribution in [0.15, 0.2) is 10.9 Å². The van der Waals surface area contributed by atoms with Gasteiger partial charge >= 0.3 is 0 Å². The second-order valence-electron chi connectivity index (χ2n) is 1.71. The molecule has 3 nitrogen and oxygen atoms in total. The Hall–Kier alpha value is -0.830. The van der Waals surface area contributed by atoms with Crippen LogP contribution in [0.25, 0.3) is 0 Å². The zero-order chi connectivity index (χ0) is 6.85. The predicted molar refractivity (Wildman–Crippen MR) is 34.6 cm³/mol. The van der Waals surface area contributed by atoms with Crippen molar-refractivity contribution in [1.82, 2.24) is 10.2 Å². The predicted octanol–water partition coefficient (Wildman–Crippen LogP) is 0.732. The number of aryl methyl sites for hydroxylation is 1. The summed E-state index contributed by atoms with van der Waals surface area (Å²) in [4.78, 5) is 10.6. The van der Waals surface area contributed by atoms with Gasteiger partial charge in [0.15, 0.2) is 5.15 Å². The molecule has 0 amide bonds. The number of H-pyrrole nitrogens is 1. The molecule has 0 spiro atoms. The molecule has 1 heterocycles. The Morgan fingerprint density at radius 3 is 2.89 bits per heavy atom. The van der Waals surface area contributed by atoms with Crippen molar-refractivity contribution in [3.63, 3.8) is 0 Å². The normalized spacial score (nSPS) is 9.56. The van der Waals surface area contributed by atoms with Crippen LogP contribution in [0.3, 0.4) is 0 Å². The lowest BCUT2D eigenvalue weighted by molar-refractivity contribution is 0.969. The third-order valence-electron chi connectivity index (χ3n) is 0.881. The maximum absolute atomic E-state index is 10.6.